The molecule has 0 amide bonds. The molecular weight excluding hydrogens is 203 g/mol. The highest BCUT2D eigenvalue weighted by Gasteiger charge is 2.26. The van der Waals surface area contributed by atoms with Crippen molar-refractivity contribution in [2.75, 3.05) is 5.73 Å². The Labute approximate surface area is 86.0 Å². The SMILES string of the molecule is CCCCCn1nc(N)c([N+](=O)[O-])c1F. The largest absolute Gasteiger partial charge is 0.376 e. The van der Waals surface area contributed by atoms with Gasteiger partial charge in [0.25, 0.3) is 5.95 Å². The summed E-state index contributed by atoms with van der Waals surface area (Å²) in [5.74, 6) is -1.33. The summed E-state index contributed by atoms with van der Waals surface area (Å²) in [7, 11) is 0. The van der Waals surface area contributed by atoms with Gasteiger partial charge < -0.3 is 5.73 Å². The van der Waals surface area contributed by atoms with Gasteiger partial charge in [0.1, 0.15) is 0 Å². The lowest BCUT2D eigenvalue weighted by molar-refractivity contribution is -0.386. The molecule has 15 heavy (non-hydrogen) atoms. The van der Waals surface area contributed by atoms with Gasteiger partial charge in [0.05, 0.1) is 4.92 Å². The van der Waals surface area contributed by atoms with E-state index in [2.05, 4.69) is 5.10 Å². The van der Waals surface area contributed by atoms with E-state index in [1.807, 2.05) is 6.92 Å². The van der Waals surface area contributed by atoms with Gasteiger partial charge in [0, 0.05) is 6.54 Å². The monoisotopic (exact) mass is 216 g/mol. The van der Waals surface area contributed by atoms with Crippen LogP contribution >= 0.6 is 0 Å². The van der Waals surface area contributed by atoms with Crippen LogP contribution in [0, 0.1) is 16.1 Å². The van der Waals surface area contributed by atoms with E-state index in [9.17, 15) is 14.5 Å². The third-order valence-corrected chi connectivity index (χ3v) is 2.05. The van der Waals surface area contributed by atoms with Crippen LogP contribution in [0.25, 0.3) is 0 Å². The molecule has 0 unspecified atom stereocenters. The van der Waals surface area contributed by atoms with Gasteiger partial charge in [-0.1, -0.05) is 19.8 Å². The van der Waals surface area contributed by atoms with Crippen LogP contribution in [0.5, 0.6) is 0 Å². The molecular formula is C8H13FN4O2. The molecule has 0 saturated carbocycles. The first kappa shape index (κ1) is 11.4. The van der Waals surface area contributed by atoms with E-state index in [-0.39, 0.29) is 5.82 Å². The fourth-order valence-electron chi connectivity index (χ4n) is 1.28. The highest BCUT2D eigenvalue weighted by molar-refractivity contribution is 5.51. The molecule has 7 heteroatoms. The number of hydrogen-bond acceptors (Lipinski definition) is 4. The third-order valence-electron chi connectivity index (χ3n) is 2.05. The molecule has 0 saturated heterocycles. The van der Waals surface area contributed by atoms with E-state index in [1.165, 1.54) is 0 Å². The number of aromatic nitrogens is 2. The Balaban J connectivity index is 2.82. The summed E-state index contributed by atoms with van der Waals surface area (Å²) in [6.45, 7) is 2.33. The number of halogens is 1. The van der Waals surface area contributed by atoms with E-state index in [4.69, 9.17) is 5.73 Å². The summed E-state index contributed by atoms with van der Waals surface area (Å²) < 4.78 is 14.3. The standard InChI is InChI=1S/C8H13FN4O2/c1-2-3-4-5-12-7(9)6(13(14)15)8(10)11-12/h2-5H2,1H3,(H2,10,11). The van der Waals surface area contributed by atoms with Gasteiger partial charge in [-0.2, -0.15) is 4.39 Å². The van der Waals surface area contributed by atoms with Gasteiger partial charge in [0.15, 0.2) is 0 Å². The number of nitrogens with zero attached hydrogens (tertiary/aromatic N) is 3. The molecule has 1 aromatic heterocycles. The maximum atomic E-state index is 13.4. The molecule has 0 fully saturated rings. The van der Waals surface area contributed by atoms with Gasteiger partial charge in [0.2, 0.25) is 5.82 Å². The Morgan fingerprint density at radius 2 is 2.27 bits per heavy atom. The number of hydrogen-bond donors (Lipinski definition) is 1. The molecule has 0 aromatic carbocycles. The van der Waals surface area contributed by atoms with Gasteiger partial charge in [-0.25, -0.2) is 4.68 Å². The van der Waals surface area contributed by atoms with Gasteiger partial charge >= 0.3 is 5.69 Å². The van der Waals surface area contributed by atoms with E-state index >= 15 is 0 Å². The van der Waals surface area contributed by atoms with Crippen molar-refractivity contribution in [3.05, 3.63) is 16.1 Å². The van der Waals surface area contributed by atoms with Gasteiger partial charge in [-0.3, -0.25) is 10.1 Å². The summed E-state index contributed by atoms with van der Waals surface area (Å²) in [6, 6.07) is 0. The second-order valence-electron chi connectivity index (χ2n) is 3.21. The number of rotatable bonds is 5. The molecule has 0 spiro atoms. The van der Waals surface area contributed by atoms with Crippen molar-refractivity contribution in [2.45, 2.75) is 32.7 Å². The molecule has 0 aliphatic rings. The van der Waals surface area contributed by atoms with Crippen molar-refractivity contribution in [3.63, 3.8) is 0 Å². The summed E-state index contributed by atoms with van der Waals surface area (Å²) >= 11 is 0. The van der Waals surface area contributed by atoms with E-state index < -0.39 is 16.6 Å². The smallest absolute Gasteiger partial charge is 0.366 e. The lowest BCUT2D eigenvalue weighted by Crippen LogP contribution is -2.04. The summed E-state index contributed by atoms with van der Waals surface area (Å²) in [5.41, 5.74) is 4.50. The maximum Gasteiger partial charge on any atom is 0.366 e. The van der Waals surface area contributed by atoms with Gasteiger partial charge in [-0.05, 0) is 6.42 Å². The maximum absolute atomic E-state index is 13.4. The average molecular weight is 216 g/mol. The van der Waals surface area contributed by atoms with Crippen molar-refractivity contribution in [2.24, 2.45) is 0 Å². The van der Waals surface area contributed by atoms with Crippen LogP contribution in [0.3, 0.4) is 0 Å². The fourth-order valence-corrected chi connectivity index (χ4v) is 1.28. The van der Waals surface area contributed by atoms with E-state index in [0.717, 1.165) is 23.9 Å². The molecule has 6 nitrogen and oxygen atoms in total. The van der Waals surface area contributed by atoms with Crippen LogP contribution < -0.4 is 5.73 Å². The minimum absolute atomic E-state index is 0.317. The second-order valence-corrected chi connectivity index (χ2v) is 3.21. The number of aryl methyl sites for hydroxylation is 1. The molecule has 1 heterocycles. The Kier molecular flexibility index (Phi) is 3.59. The molecule has 0 aliphatic carbocycles. The van der Waals surface area contributed by atoms with Crippen LogP contribution in [-0.4, -0.2) is 14.7 Å². The number of anilines is 1. The highest BCUT2D eigenvalue weighted by atomic mass is 19.1. The number of nitrogens with two attached hydrogens (primary N) is 1. The first-order valence-electron chi connectivity index (χ1n) is 4.74. The number of nitrogen functional groups attached to an aromatic ring is 1. The molecule has 0 aliphatic heterocycles. The van der Waals surface area contributed by atoms with Crippen molar-refractivity contribution < 1.29 is 9.31 Å². The number of unbranched alkanes of at least 4 members (excludes halogenated alkanes) is 2. The van der Waals surface area contributed by atoms with Crippen molar-refractivity contribution in [3.8, 4) is 0 Å². The zero-order chi connectivity index (χ0) is 11.4. The summed E-state index contributed by atoms with van der Waals surface area (Å²) in [4.78, 5) is 9.56. The predicted molar refractivity (Wildman–Crippen MR) is 52.8 cm³/mol. The molecule has 1 aromatic rings. The zero-order valence-electron chi connectivity index (χ0n) is 8.44. The molecule has 84 valence electrons. The van der Waals surface area contributed by atoms with Gasteiger partial charge in [-0.15, -0.1) is 5.10 Å². The first-order chi connectivity index (χ1) is 7.07. The van der Waals surface area contributed by atoms with E-state index in [1.54, 1.807) is 0 Å². The topological polar surface area (TPSA) is 87.0 Å². The molecule has 0 radical (unpaired) electrons. The quantitative estimate of drug-likeness (QED) is 0.461. The Hall–Kier alpha value is -1.66. The minimum atomic E-state index is -0.964. The Bertz CT molecular complexity index is 364. The lowest BCUT2D eigenvalue weighted by atomic mass is 10.2. The highest BCUT2D eigenvalue weighted by Crippen LogP contribution is 2.23. The zero-order valence-corrected chi connectivity index (χ0v) is 8.44. The normalized spacial score (nSPS) is 10.5. The van der Waals surface area contributed by atoms with Crippen molar-refractivity contribution in [1.82, 2.24) is 9.78 Å². The van der Waals surface area contributed by atoms with Crippen LogP contribution in [0.15, 0.2) is 0 Å². The molecule has 1 rings (SSSR count). The molecule has 0 bridgehead atoms. The molecule has 0 atom stereocenters. The van der Waals surface area contributed by atoms with Crippen molar-refractivity contribution in [1.29, 1.82) is 0 Å². The fraction of sp³-hybridized carbons (Fsp3) is 0.625. The summed E-state index contributed by atoms with van der Waals surface area (Å²) in [5, 5.41) is 14.0. The van der Waals surface area contributed by atoms with Crippen molar-refractivity contribution >= 4 is 11.5 Å². The van der Waals surface area contributed by atoms with Crippen LogP contribution in [0.1, 0.15) is 26.2 Å². The van der Waals surface area contributed by atoms with Crippen LogP contribution in [-0.2, 0) is 6.54 Å². The predicted octanol–water partition coefficient (Wildman–Crippen LogP) is 1.70. The van der Waals surface area contributed by atoms with Crippen LogP contribution in [0.4, 0.5) is 15.9 Å². The average Bonchev–Trinajstić information content (AvgIpc) is 2.42. The second kappa shape index (κ2) is 4.72. The van der Waals surface area contributed by atoms with E-state index in [0.29, 0.717) is 6.54 Å². The third kappa shape index (κ3) is 2.42. The summed E-state index contributed by atoms with van der Waals surface area (Å²) in [6.07, 6.45) is 2.64. The lowest BCUT2D eigenvalue weighted by Gasteiger charge is -1.99. The molecule has 2 N–H and O–H groups in total. The van der Waals surface area contributed by atoms with Crippen LogP contribution in [0.2, 0.25) is 0 Å². The first-order valence-corrected chi connectivity index (χ1v) is 4.74. The Morgan fingerprint density at radius 1 is 1.60 bits per heavy atom. The minimum Gasteiger partial charge on any atom is -0.376 e. The Morgan fingerprint density at radius 3 is 2.73 bits per heavy atom. The number of nitro groups is 1.